The number of aliphatic carboxylic acids is 1. The van der Waals surface area contributed by atoms with E-state index in [0.29, 0.717) is 24.6 Å². The van der Waals surface area contributed by atoms with Crippen molar-refractivity contribution in [3.05, 3.63) is 35.4 Å². The highest BCUT2D eigenvalue weighted by Gasteiger charge is 2.37. The second-order valence-electron chi connectivity index (χ2n) is 7.09. The molecule has 0 spiro atoms. The largest absolute Gasteiger partial charge is 0.481 e. The van der Waals surface area contributed by atoms with Crippen molar-refractivity contribution >= 4 is 11.9 Å². The molecule has 1 aromatic carbocycles. The fourth-order valence-corrected chi connectivity index (χ4v) is 3.97. The lowest BCUT2D eigenvalue weighted by molar-refractivity contribution is -0.142. The van der Waals surface area contributed by atoms with Crippen molar-refractivity contribution < 1.29 is 14.7 Å². The number of carboxylic acids is 1. The number of carbonyl (C=O) groups excluding carboxylic acids is 1. The van der Waals surface area contributed by atoms with Gasteiger partial charge in [-0.2, -0.15) is 0 Å². The number of rotatable bonds is 3. The minimum absolute atomic E-state index is 0.0120. The molecule has 1 aliphatic heterocycles. The first-order valence-electron chi connectivity index (χ1n) is 8.68. The Labute approximate surface area is 137 Å². The third-order valence-electron chi connectivity index (χ3n) is 5.45. The molecule has 0 radical (unpaired) electrons. The Morgan fingerprint density at radius 2 is 1.70 bits per heavy atom. The number of nitrogens with zero attached hydrogens (tertiary/aromatic N) is 1. The zero-order valence-corrected chi connectivity index (χ0v) is 13.7. The number of benzene rings is 1. The molecule has 1 N–H and O–H groups in total. The van der Waals surface area contributed by atoms with Gasteiger partial charge in [0.2, 0.25) is 0 Å². The van der Waals surface area contributed by atoms with Crippen LogP contribution in [0.3, 0.4) is 0 Å². The fourth-order valence-electron chi connectivity index (χ4n) is 3.97. The fraction of sp³-hybridized carbons (Fsp3) is 0.579. The van der Waals surface area contributed by atoms with Crippen LogP contribution in [0, 0.1) is 11.8 Å². The topological polar surface area (TPSA) is 57.6 Å². The highest BCUT2D eigenvalue weighted by atomic mass is 16.4. The Morgan fingerprint density at radius 1 is 1.04 bits per heavy atom. The first kappa shape index (κ1) is 16.0. The van der Waals surface area contributed by atoms with Crippen molar-refractivity contribution in [1.82, 2.24) is 4.90 Å². The maximum Gasteiger partial charge on any atom is 0.308 e. The second kappa shape index (κ2) is 6.73. The molecular weight excluding hydrogens is 290 g/mol. The molecule has 0 unspecified atom stereocenters. The summed E-state index contributed by atoms with van der Waals surface area (Å²) in [6, 6.07) is 7.98. The van der Waals surface area contributed by atoms with Crippen molar-refractivity contribution in [1.29, 1.82) is 0 Å². The number of hydrogen-bond acceptors (Lipinski definition) is 2. The van der Waals surface area contributed by atoms with Crippen molar-refractivity contribution in [2.45, 2.75) is 44.9 Å². The summed E-state index contributed by atoms with van der Waals surface area (Å²) in [6.45, 7) is 2.75. The van der Waals surface area contributed by atoms with Gasteiger partial charge in [0.1, 0.15) is 0 Å². The Balaban J connectivity index is 1.67. The lowest BCUT2D eigenvalue weighted by atomic mass is 9.84. The zero-order chi connectivity index (χ0) is 16.4. The molecule has 2 fully saturated rings. The summed E-state index contributed by atoms with van der Waals surface area (Å²) in [6.07, 6.45) is 6.43. The summed E-state index contributed by atoms with van der Waals surface area (Å²) in [5, 5.41) is 9.20. The molecule has 4 heteroatoms. The molecule has 1 saturated carbocycles. The molecule has 2 atom stereocenters. The molecule has 4 nitrogen and oxygen atoms in total. The van der Waals surface area contributed by atoms with Crippen LogP contribution in [0.1, 0.15) is 60.9 Å². The number of carbonyl (C=O) groups is 2. The van der Waals surface area contributed by atoms with Crippen molar-refractivity contribution in [2.75, 3.05) is 13.1 Å². The summed E-state index contributed by atoms with van der Waals surface area (Å²) < 4.78 is 0. The van der Waals surface area contributed by atoms with Gasteiger partial charge >= 0.3 is 5.97 Å². The van der Waals surface area contributed by atoms with Crippen LogP contribution in [0.2, 0.25) is 0 Å². The van der Waals surface area contributed by atoms with Crippen molar-refractivity contribution in [3.63, 3.8) is 0 Å². The average molecular weight is 315 g/mol. The lowest BCUT2D eigenvalue weighted by Gasteiger charge is -2.22. The number of hydrogen-bond donors (Lipinski definition) is 1. The first-order chi connectivity index (χ1) is 11.1. The van der Waals surface area contributed by atoms with Gasteiger partial charge in [-0.1, -0.05) is 38.3 Å². The SMILES string of the molecule is C[C@@H]1CN(C(=O)c2ccc(C3CCCCC3)cc2)C[C@H]1C(=O)O. The Hall–Kier alpha value is -1.84. The van der Waals surface area contributed by atoms with Gasteiger partial charge in [0.15, 0.2) is 0 Å². The van der Waals surface area contributed by atoms with E-state index in [9.17, 15) is 14.7 Å². The third kappa shape index (κ3) is 3.41. The van der Waals surface area contributed by atoms with Crippen LogP contribution in [0.15, 0.2) is 24.3 Å². The predicted molar refractivity (Wildman–Crippen MR) is 88.5 cm³/mol. The monoisotopic (exact) mass is 315 g/mol. The normalized spacial score (nSPS) is 25.5. The van der Waals surface area contributed by atoms with E-state index >= 15 is 0 Å². The molecule has 23 heavy (non-hydrogen) atoms. The lowest BCUT2D eigenvalue weighted by Crippen LogP contribution is -2.29. The average Bonchev–Trinajstić information content (AvgIpc) is 2.97. The molecule has 1 aromatic rings. The van der Waals surface area contributed by atoms with Crippen LogP contribution in [-0.2, 0) is 4.79 Å². The Kier molecular flexibility index (Phi) is 4.69. The molecule has 1 heterocycles. The minimum atomic E-state index is -0.805. The summed E-state index contributed by atoms with van der Waals surface area (Å²) in [4.78, 5) is 25.5. The van der Waals surface area contributed by atoms with Crippen LogP contribution >= 0.6 is 0 Å². The first-order valence-corrected chi connectivity index (χ1v) is 8.68. The van der Waals surface area contributed by atoms with E-state index in [1.165, 1.54) is 37.7 Å². The molecule has 2 aliphatic rings. The van der Waals surface area contributed by atoms with Crippen LogP contribution in [0.5, 0.6) is 0 Å². The van der Waals surface area contributed by atoms with E-state index < -0.39 is 11.9 Å². The van der Waals surface area contributed by atoms with E-state index in [4.69, 9.17) is 0 Å². The summed E-state index contributed by atoms with van der Waals surface area (Å²) in [5.41, 5.74) is 2.00. The molecule has 124 valence electrons. The van der Waals surface area contributed by atoms with Crippen LogP contribution in [0.25, 0.3) is 0 Å². The summed E-state index contributed by atoms with van der Waals surface area (Å²) >= 11 is 0. The van der Waals surface area contributed by atoms with Gasteiger partial charge < -0.3 is 10.0 Å². The number of amides is 1. The quantitative estimate of drug-likeness (QED) is 0.928. The number of likely N-dealkylation sites (tertiary alicyclic amines) is 1. The van der Waals surface area contributed by atoms with Gasteiger partial charge in [0, 0.05) is 18.7 Å². The summed E-state index contributed by atoms with van der Waals surface area (Å²) in [5.74, 6) is -0.647. The van der Waals surface area contributed by atoms with Crippen molar-refractivity contribution in [2.24, 2.45) is 11.8 Å². The van der Waals surface area contributed by atoms with E-state index in [0.717, 1.165) is 0 Å². The highest BCUT2D eigenvalue weighted by Crippen LogP contribution is 2.33. The van der Waals surface area contributed by atoms with E-state index in [1.54, 1.807) is 4.90 Å². The van der Waals surface area contributed by atoms with Crippen LogP contribution in [-0.4, -0.2) is 35.0 Å². The molecule has 0 aromatic heterocycles. The standard InChI is InChI=1S/C19H25NO3/c1-13-11-20(12-17(13)19(22)23)18(21)16-9-7-15(8-10-16)14-5-3-2-4-6-14/h7-10,13-14,17H,2-6,11-12H2,1H3,(H,22,23)/t13-,17-/m1/s1. The van der Waals surface area contributed by atoms with Gasteiger partial charge in [-0.25, -0.2) is 0 Å². The van der Waals surface area contributed by atoms with E-state index in [2.05, 4.69) is 12.1 Å². The molecule has 1 amide bonds. The molecule has 3 rings (SSSR count). The highest BCUT2D eigenvalue weighted by molar-refractivity contribution is 5.94. The Morgan fingerprint density at radius 3 is 2.26 bits per heavy atom. The van der Waals surface area contributed by atoms with Crippen LogP contribution < -0.4 is 0 Å². The maximum atomic E-state index is 12.6. The Bertz CT molecular complexity index is 575. The van der Waals surface area contributed by atoms with Gasteiger partial charge in [-0.3, -0.25) is 9.59 Å². The van der Waals surface area contributed by atoms with Gasteiger partial charge in [-0.05, 0) is 42.4 Å². The van der Waals surface area contributed by atoms with Crippen LogP contribution in [0.4, 0.5) is 0 Å². The minimum Gasteiger partial charge on any atom is -0.481 e. The predicted octanol–water partition coefficient (Wildman–Crippen LogP) is 3.53. The molecule has 1 aliphatic carbocycles. The second-order valence-corrected chi connectivity index (χ2v) is 7.09. The van der Waals surface area contributed by atoms with Gasteiger partial charge in [0.25, 0.3) is 5.91 Å². The van der Waals surface area contributed by atoms with Gasteiger partial charge in [0.05, 0.1) is 5.92 Å². The van der Waals surface area contributed by atoms with E-state index in [-0.39, 0.29) is 11.8 Å². The van der Waals surface area contributed by atoms with Gasteiger partial charge in [-0.15, -0.1) is 0 Å². The summed E-state index contributed by atoms with van der Waals surface area (Å²) in [7, 11) is 0. The molecular formula is C19H25NO3. The molecule has 0 bridgehead atoms. The number of carboxylic acid groups (broad SMARTS) is 1. The smallest absolute Gasteiger partial charge is 0.308 e. The zero-order valence-electron chi connectivity index (χ0n) is 13.7. The van der Waals surface area contributed by atoms with Crippen molar-refractivity contribution in [3.8, 4) is 0 Å². The third-order valence-corrected chi connectivity index (χ3v) is 5.45. The maximum absolute atomic E-state index is 12.6. The van der Waals surface area contributed by atoms with E-state index in [1.807, 2.05) is 19.1 Å². The molecule has 1 saturated heterocycles.